The second-order valence-corrected chi connectivity index (χ2v) is 5.51. The molecule has 0 radical (unpaired) electrons. The van der Waals surface area contributed by atoms with Crippen molar-refractivity contribution in [2.24, 2.45) is 11.3 Å². The average Bonchev–Trinajstić information content (AvgIpc) is 2.87. The molecule has 82 valence electrons. The predicted molar refractivity (Wildman–Crippen MR) is 60.4 cm³/mol. The third-order valence-electron chi connectivity index (χ3n) is 3.72. The molecular formula is C12H24N2. The van der Waals surface area contributed by atoms with E-state index in [1.54, 1.807) is 0 Å². The molecule has 1 heterocycles. The summed E-state index contributed by atoms with van der Waals surface area (Å²) in [5.41, 5.74) is 0.547. The van der Waals surface area contributed by atoms with Gasteiger partial charge in [-0.3, -0.25) is 0 Å². The first-order chi connectivity index (χ1) is 6.72. The van der Waals surface area contributed by atoms with Crippen molar-refractivity contribution in [2.75, 3.05) is 32.7 Å². The normalized spacial score (nSPS) is 32.8. The Morgan fingerprint density at radius 1 is 1.43 bits per heavy atom. The first kappa shape index (κ1) is 10.4. The Morgan fingerprint density at radius 2 is 2.21 bits per heavy atom. The second kappa shape index (κ2) is 4.19. The fraction of sp³-hybridized carbons (Fsp3) is 1.00. The highest BCUT2D eigenvalue weighted by Crippen LogP contribution is 2.32. The first-order valence-electron chi connectivity index (χ1n) is 6.15. The van der Waals surface area contributed by atoms with Crippen LogP contribution in [0.3, 0.4) is 0 Å². The maximum Gasteiger partial charge on any atom is 0.00480 e. The summed E-state index contributed by atoms with van der Waals surface area (Å²) in [6.07, 6.45) is 4.31. The quantitative estimate of drug-likeness (QED) is 0.720. The van der Waals surface area contributed by atoms with E-state index in [0.717, 1.165) is 5.92 Å². The zero-order valence-electron chi connectivity index (χ0n) is 9.68. The van der Waals surface area contributed by atoms with Gasteiger partial charge in [-0.1, -0.05) is 13.8 Å². The van der Waals surface area contributed by atoms with Crippen LogP contribution in [0.2, 0.25) is 0 Å². The van der Waals surface area contributed by atoms with Crippen molar-refractivity contribution in [3.8, 4) is 0 Å². The van der Waals surface area contributed by atoms with Crippen LogP contribution in [-0.4, -0.2) is 37.6 Å². The minimum Gasteiger partial charge on any atom is -0.316 e. The standard InChI is InChI=1S/C12H24N2/c1-3-14(8-11-4-5-11)10-12(2)6-7-13-9-12/h11,13H,3-10H2,1-2H3. The Balaban J connectivity index is 1.79. The van der Waals surface area contributed by atoms with E-state index in [0.29, 0.717) is 5.41 Å². The molecule has 0 bridgehead atoms. The van der Waals surface area contributed by atoms with E-state index in [1.807, 2.05) is 0 Å². The van der Waals surface area contributed by atoms with Crippen LogP contribution in [-0.2, 0) is 0 Å². The molecule has 14 heavy (non-hydrogen) atoms. The third-order valence-corrected chi connectivity index (χ3v) is 3.72. The Bertz CT molecular complexity index is 181. The van der Waals surface area contributed by atoms with Gasteiger partial charge in [-0.25, -0.2) is 0 Å². The molecule has 0 aromatic rings. The van der Waals surface area contributed by atoms with Crippen LogP contribution >= 0.6 is 0 Å². The highest BCUT2D eigenvalue weighted by Gasteiger charge is 2.32. The molecule has 2 fully saturated rings. The Morgan fingerprint density at radius 3 is 2.71 bits per heavy atom. The molecule has 0 spiro atoms. The summed E-state index contributed by atoms with van der Waals surface area (Å²) >= 11 is 0. The van der Waals surface area contributed by atoms with E-state index in [1.165, 1.54) is 52.0 Å². The Labute approximate surface area is 88.1 Å². The molecular weight excluding hydrogens is 172 g/mol. The molecule has 1 N–H and O–H groups in total. The number of hydrogen-bond donors (Lipinski definition) is 1. The number of nitrogens with one attached hydrogen (secondary N) is 1. The summed E-state index contributed by atoms with van der Waals surface area (Å²) in [5.74, 6) is 1.04. The third kappa shape index (κ3) is 2.71. The van der Waals surface area contributed by atoms with Gasteiger partial charge >= 0.3 is 0 Å². The van der Waals surface area contributed by atoms with E-state index in [9.17, 15) is 0 Å². The van der Waals surface area contributed by atoms with Gasteiger partial charge in [0, 0.05) is 19.6 Å². The van der Waals surface area contributed by atoms with Crippen molar-refractivity contribution < 1.29 is 0 Å². The molecule has 1 unspecified atom stereocenters. The topological polar surface area (TPSA) is 15.3 Å². The number of nitrogens with zero attached hydrogens (tertiary/aromatic N) is 1. The fourth-order valence-corrected chi connectivity index (χ4v) is 2.51. The summed E-state index contributed by atoms with van der Waals surface area (Å²) in [5, 5.41) is 3.48. The molecule has 1 aliphatic carbocycles. The minimum atomic E-state index is 0.547. The smallest absolute Gasteiger partial charge is 0.00480 e. The molecule has 0 aromatic heterocycles. The molecule has 2 rings (SSSR count). The van der Waals surface area contributed by atoms with Gasteiger partial charge in [0.1, 0.15) is 0 Å². The van der Waals surface area contributed by atoms with Crippen molar-refractivity contribution in [1.82, 2.24) is 10.2 Å². The van der Waals surface area contributed by atoms with Crippen LogP contribution in [0, 0.1) is 11.3 Å². The van der Waals surface area contributed by atoms with Crippen molar-refractivity contribution in [3.63, 3.8) is 0 Å². The van der Waals surface area contributed by atoms with Crippen molar-refractivity contribution in [1.29, 1.82) is 0 Å². The maximum absolute atomic E-state index is 3.48. The van der Waals surface area contributed by atoms with E-state index in [2.05, 4.69) is 24.1 Å². The first-order valence-corrected chi connectivity index (χ1v) is 6.15. The highest BCUT2D eigenvalue weighted by atomic mass is 15.1. The van der Waals surface area contributed by atoms with Gasteiger partial charge in [-0.2, -0.15) is 0 Å². The Hall–Kier alpha value is -0.0800. The molecule has 2 heteroatoms. The summed E-state index contributed by atoms with van der Waals surface area (Å²) in [6.45, 7) is 11.0. The molecule has 1 saturated carbocycles. The zero-order chi connectivity index (χ0) is 10.0. The van der Waals surface area contributed by atoms with E-state index < -0.39 is 0 Å². The van der Waals surface area contributed by atoms with Crippen LogP contribution in [0.5, 0.6) is 0 Å². The highest BCUT2D eigenvalue weighted by molar-refractivity contribution is 4.88. The van der Waals surface area contributed by atoms with Gasteiger partial charge in [0.15, 0.2) is 0 Å². The number of rotatable bonds is 5. The predicted octanol–water partition coefficient (Wildman–Crippen LogP) is 1.72. The lowest BCUT2D eigenvalue weighted by molar-refractivity contribution is 0.179. The molecule has 1 saturated heterocycles. The van der Waals surface area contributed by atoms with Crippen molar-refractivity contribution in [3.05, 3.63) is 0 Å². The van der Waals surface area contributed by atoms with Gasteiger partial charge in [-0.05, 0) is 43.7 Å². The van der Waals surface area contributed by atoms with Crippen LogP contribution in [0.15, 0.2) is 0 Å². The monoisotopic (exact) mass is 196 g/mol. The van der Waals surface area contributed by atoms with E-state index in [4.69, 9.17) is 0 Å². The van der Waals surface area contributed by atoms with Crippen molar-refractivity contribution >= 4 is 0 Å². The fourth-order valence-electron chi connectivity index (χ4n) is 2.51. The molecule has 2 aliphatic rings. The van der Waals surface area contributed by atoms with Gasteiger partial charge in [0.05, 0.1) is 0 Å². The molecule has 0 aromatic carbocycles. The largest absolute Gasteiger partial charge is 0.316 e. The molecule has 0 amide bonds. The van der Waals surface area contributed by atoms with Crippen LogP contribution in [0.25, 0.3) is 0 Å². The molecule has 2 nitrogen and oxygen atoms in total. The molecule has 1 aliphatic heterocycles. The summed E-state index contributed by atoms with van der Waals surface area (Å²) < 4.78 is 0. The van der Waals surface area contributed by atoms with Gasteiger partial charge in [0.2, 0.25) is 0 Å². The minimum absolute atomic E-state index is 0.547. The lowest BCUT2D eigenvalue weighted by atomic mass is 9.89. The van der Waals surface area contributed by atoms with E-state index >= 15 is 0 Å². The lowest BCUT2D eigenvalue weighted by Gasteiger charge is -2.31. The van der Waals surface area contributed by atoms with Crippen LogP contribution in [0.4, 0.5) is 0 Å². The zero-order valence-corrected chi connectivity index (χ0v) is 9.68. The van der Waals surface area contributed by atoms with Crippen molar-refractivity contribution in [2.45, 2.75) is 33.1 Å². The van der Waals surface area contributed by atoms with Gasteiger partial charge in [-0.15, -0.1) is 0 Å². The van der Waals surface area contributed by atoms with Crippen LogP contribution in [0.1, 0.15) is 33.1 Å². The maximum atomic E-state index is 3.48. The lowest BCUT2D eigenvalue weighted by Crippen LogP contribution is -2.38. The summed E-state index contributed by atoms with van der Waals surface area (Å²) in [6, 6.07) is 0. The summed E-state index contributed by atoms with van der Waals surface area (Å²) in [7, 11) is 0. The second-order valence-electron chi connectivity index (χ2n) is 5.51. The van der Waals surface area contributed by atoms with E-state index in [-0.39, 0.29) is 0 Å². The molecule has 1 atom stereocenters. The SMILES string of the molecule is CCN(CC1CC1)CC1(C)CCNC1. The number of hydrogen-bond acceptors (Lipinski definition) is 2. The van der Waals surface area contributed by atoms with Gasteiger partial charge in [0.25, 0.3) is 0 Å². The summed E-state index contributed by atoms with van der Waals surface area (Å²) in [4.78, 5) is 2.66. The average molecular weight is 196 g/mol. The van der Waals surface area contributed by atoms with Crippen LogP contribution < -0.4 is 5.32 Å². The van der Waals surface area contributed by atoms with Gasteiger partial charge < -0.3 is 10.2 Å². The Kier molecular flexibility index (Phi) is 3.13.